The van der Waals surface area contributed by atoms with Gasteiger partial charge in [0, 0.05) is 83.5 Å². The lowest BCUT2D eigenvalue weighted by Crippen LogP contribution is -2.47. The molecule has 4 N–H and O–H groups in total. The van der Waals surface area contributed by atoms with E-state index >= 15 is 0 Å². The van der Waals surface area contributed by atoms with Gasteiger partial charge in [-0.25, -0.2) is 0 Å². The zero-order valence-electron chi connectivity index (χ0n) is 22.0. The van der Waals surface area contributed by atoms with Crippen molar-refractivity contribution in [1.29, 1.82) is 0 Å². The Morgan fingerprint density at radius 3 is 2.65 bits per heavy atom. The molecule has 2 saturated heterocycles. The van der Waals surface area contributed by atoms with Crippen LogP contribution in [0.2, 0.25) is 0 Å². The highest BCUT2D eigenvalue weighted by Gasteiger charge is 2.32. The highest BCUT2D eigenvalue weighted by Crippen LogP contribution is 2.31. The van der Waals surface area contributed by atoms with Crippen LogP contribution in [0, 0.1) is 11.8 Å². The molecule has 3 aliphatic heterocycles. The third kappa shape index (κ3) is 8.07. The van der Waals surface area contributed by atoms with E-state index in [1.54, 1.807) is 0 Å². The Hall–Kier alpha value is -2.85. The molecule has 0 radical (unpaired) electrons. The number of nitrogens with zero attached hydrogens (tertiary/aromatic N) is 2. The van der Waals surface area contributed by atoms with E-state index in [9.17, 15) is 14.4 Å². The SMILES string of the molecule is CC(=O)NCCNC(=O)C[C@@H]1CCN2C[C@@H]1CCCOc1ccc(N3CCNCC3)cc1CNCC2=O. The van der Waals surface area contributed by atoms with Gasteiger partial charge in [-0.2, -0.15) is 0 Å². The van der Waals surface area contributed by atoms with E-state index in [0.29, 0.717) is 52.3 Å². The van der Waals surface area contributed by atoms with Gasteiger partial charge >= 0.3 is 0 Å². The maximum absolute atomic E-state index is 13.0. The van der Waals surface area contributed by atoms with E-state index in [0.717, 1.165) is 56.8 Å². The molecule has 0 unspecified atom stereocenters. The summed E-state index contributed by atoms with van der Waals surface area (Å²) in [5.74, 6) is 1.38. The van der Waals surface area contributed by atoms with E-state index < -0.39 is 0 Å². The molecule has 10 heteroatoms. The van der Waals surface area contributed by atoms with Gasteiger partial charge in [0.1, 0.15) is 5.75 Å². The van der Waals surface area contributed by atoms with Crippen molar-refractivity contribution in [3.8, 4) is 5.75 Å². The zero-order valence-corrected chi connectivity index (χ0v) is 22.0. The van der Waals surface area contributed by atoms with Gasteiger partial charge in [0.15, 0.2) is 0 Å². The van der Waals surface area contributed by atoms with Crippen LogP contribution in [0.5, 0.6) is 5.75 Å². The number of rotatable bonds is 6. The van der Waals surface area contributed by atoms with Crippen LogP contribution < -0.4 is 30.9 Å². The third-order valence-corrected chi connectivity index (χ3v) is 7.61. The predicted octanol–water partition coefficient (Wildman–Crippen LogP) is 0.466. The summed E-state index contributed by atoms with van der Waals surface area (Å²) in [5.41, 5.74) is 2.27. The highest BCUT2D eigenvalue weighted by molar-refractivity contribution is 5.79. The smallest absolute Gasteiger partial charge is 0.236 e. The van der Waals surface area contributed by atoms with E-state index in [-0.39, 0.29) is 29.6 Å². The van der Waals surface area contributed by atoms with Gasteiger partial charge in [0.25, 0.3) is 0 Å². The van der Waals surface area contributed by atoms with E-state index in [1.807, 2.05) is 4.90 Å². The lowest BCUT2D eigenvalue weighted by Gasteiger charge is -2.38. The third-order valence-electron chi connectivity index (χ3n) is 7.61. The van der Waals surface area contributed by atoms with Crippen LogP contribution in [-0.4, -0.2) is 88.1 Å². The van der Waals surface area contributed by atoms with Crippen molar-refractivity contribution in [2.75, 3.05) is 70.4 Å². The molecule has 3 amide bonds. The van der Waals surface area contributed by atoms with Crippen molar-refractivity contribution < 1.29 is 19.1 Å². The average Bonchev–Trinajstić information content (AvgIpc) is 2.91. The first-order chi connectivity index (χ1) is 18.0. The summed E-state index contributed by atoms with van der Waals surface area (Å²) in [6, 6.07) is 6.38. The molecule has 0 aliphatic carbocycles. The molecular formula is C27H42N6O4. The van der Waals surface area contributed by atoms with Crippen LogP contribution >= 0.6 is 0 Å². The van der Waals surface area contributed by atoms with Crippen LogP contribution in [-0.2, 0) is 20.9 Å². The molecule has 3 aliphatic rings. The molecular weight excluding hydrogens is 472 g/mol. The second-order valence-corrected chi connectivity index (χ2v) is 10.3. The van der Waals surface area contributed by atoms with Gasteiger partial charge in [-0.1, -0.05) is 0 Å². The summed E-state index contributed by atoms with van der Waals surface area (Å²) in [6.45, 7) is 9.10. The van der Waals surface area contributed by atoms with E-state index in [4.69, 9.17) is 4.74 Å². The summed E-state index contributed by atoms with van der Waals surface area (Å²) >= 11 is 0. The second-order valence-electron chi connectivity index (χ2n) is 10.3. The number of piperidine rings is 1. The number of hydrogen-bond donors (Lipinski definition) is 4. The molecule has 2 fully saturated rings. The Balaban J connectivity index is 1.36. The Morgan fingerprint density at radius 2 is 1.84 bits per heavy atom. The normalized spacial score (nSPS) is 23.0. The fourth-order valence-corrected chi connectivity index (χ4v) is 5.56. The second kappa shape index (κ2) is 13.6. The topological polar surface area (TPSA) is 115 Å². The first-order valence-electron chi connectivity index (χ1n) is 13.7. The maximum atomic E-state index is 13.0. The molecule has 2 bridgehead atoms. The standard InChI is InChI=1S/C27H42N6O4/c1-20(34)30-7-8-31-26(35)16-21-6-11-33-19-22(21)3-2-14-37-25-5-4-24(32-12-9-28-10-13-32)15-23(25)17-29-18-27(33)36/h4-5,15,21-22,28-29H,2-3,6-14,16-19H2,1H3,(H,30,34)(H,31,35)/t21-,22-/m0/s1. The van der Waals surface area contributed by atoms with Gasteiger partial charge in [-0.3, -0.25) is 14.4 Å². The first kappa shape index (κ1) is 27.2. The lowest BCUT2D eigenvalue weighted by atomic mass is 9.80. The number of amides is 3. The van der Waals surface area contributed by atoms with Crippen molar-refractivity contribution >= 4 is 23.4 Å². The van der Waals surface area contributed by atoms with Gasteiger partial charge in [-0.05, 0) is 49.3 Å². The van der Waals surface area contributed by atoms with Gasteiger partial charge in [0.2, 0.25) is 17.7 Å². The quantitative estimate of drug-likeness (QED) is 0.408. The van der Waals surface area contributed by atoms with Gasteiger partial charge in [-0.15, -0.1) is 0 Å². The minimum atomic E-state index is -0.102. The number of fused-ring (bicyclic) bond motifs is 3. The monoisotopic (exact) mass is 514 g/mol. The number of anilines is 1. The maximum Gasteiger partial charge on any atom is 0.236 e. The summed E-state index contributed by atoms with van der Waals surface area (Å²) in [5, 5.41) is 12.3. The van der Waals surface area contributed by atoms with Crippen LogP contribution in [0.15, 0.2) is 18.2 Å². The van der Waals surface area contributed by atoms with Crippen molar-refractivity contribution in [2.24, 2.45) is 11.8 Å². The van der Waals surface area contributed by atoms with Crippen LogP contribution in [0.3, 0.4) is 0 Å². The Bertz CT molecular complexity index is 935. The van der Waals surface area contributed by atoms with E-state index in [2.05, 4.69) is 44.4 Å². The van der Waals surface area contributed by atoms with Gasteiger partial charge < -0.3 is 35.8 Å². The molecule has 10 nitrogen and oxygen atoms in total. The Labute approximate surface area is 219 Å². The molecule has 3 heterocycles. The molecule has 204 valence electrons. The number of carbonyl (C=O) groups is 3. The number of hydrogen-bond acceptors (Lipinski definition) is 7. The molecule has 0 aromatic heterocycles. The van der Waals surface area contributed by atoms with Crippen LogP contribution in [0.25, 0.3) is 0 Å². The number of benzene rings is 1. The molecule has 4 rings (SSSR count). The zero-order chi connectivity index (χ0) is 26.0. The van der Waals surface area contributed by atoms with Crippen molar-refractivity contribution in [3.63, 3.8) is 0 Å². The minimum Gasteiger partial charge on any atom is -0.493 e. The Morgan fingerprint density at radius 1 is 1.03 bits per heavy atom. The highest BCUT2D eigenvalue weighted by atomic mass is 16.5. The van der Waals surface area contributed by atoms with Crippen LogP contribution in [0.1, 0.15) is 38.2 Å². The van der Waals surface area contributed by atoms with Crippen molar-refractivity contribution in [3.05, 3.63) is 23.8 Å². The largest absolute Gasteiger partial charge is 0.493 e. The summed E-state index contributed by atoms with van der Waals surface area (Å²) < 4.78 is 6.23. The lowest BCUT2D eigenvalue weighted by molar-refractivity contribution is -0.133. The molecule has 1 aromatic carbocycles. The predicted molar refractivity (Wildman–Crippen MR) is 142 cm³/mol. The average molecular weight is 515 g/mol. The summed E-state index contributed by atoms with van der Waals surface area (Å²) in [7, 11) is 0. The molecule has 0 saturated carbocycles. The Kier molecular flexibility index (Phi) is 10.0. The van der Waals surface area contributed by atoms with E-state index in [1.165, 1.54) is 12.6 Å². The van der Waals surface area contributed by atoms with Gasteiger partial charge in [0.05, 0.1) is 13.2 Å². The fraction of sp³-hybridized carbons (Fsp3) is 0.667. The number of ether oxygens (including phenoxy) is 1. The summed E-state index contributed by atoms with van der Waals surface area (Å²) in [6.07, 6.45) is 3.06. The fourth-order valence-electron chi connectivity index (χ4n) is 5.56. The number of nitrogens with one attached hydrogen (secondary N) is 4. The summed E-state index contributed by atoms with van der Waals surface area (Å²) in [4.78, 5) is 40.9. The molecule has 1 aromatic rings. The minimum absolute atomic E-state index is 0.00480. The van der Waals surface area contributed by atoms with Crippen molar-refractivity contribution in [2.45, 2.75) is 39.2 Å². The number of piperazine rings is 1. The first-order valence-corrected chi connectivity index (χ1v) is 13.7. The van der Waals surface area contributed by atoms with Crippen molar-refractivity contribution in [1.82, 2.24) is 26.2 Å². The molecule has 0 spiro atoms. The van der Waals surface area contributed by atoms with Crippen LogP contribution in [0.4, 0.5) is 5.69 Å². The molecule has 37 heavy (non-hydrogen) atoms. The number of carbonyl (C=O) groups excluding carboxylic acids is 3. The molecule has 2 atom stereocenters.